The largest absolute Gasteiger partial charge is 0.473 e. The second-order valence-corrected chi connectivity index (χ2v) is 12.4. The van der Waals surface area contributed by atoms with Crippen LogP contribution < -0.4 is 4.74 Å². The summed E-state index contributed by atoms with van der Waals surface area (Å²) in [5.74, 6) is -0.823. The number of carbonyl (C=O) groups is 1. The summed E-state index contributed by atoms with van der Waals surface area (Å²) in [7, 11) is 1.33. The first-order valence-electron chi connectivity index (χ1n) is 15.1. The lowest BCUT2D eigenvalue weighted by molar-refractivity contribution is 0.0601. The van der Waals surface area contributed by atoms with Crippen molar-refractivity contribution >= 4 is 32.9 Å². The minimum absolute atomic E-state index is 0.0294. The summed E-state index contributed by atoms with van der Waals surface area (Å²) in [6.07, 6.45) is 0.0294. The Morgan fingerprint density at radius 3 is 2.48 bits per heavy atom. The number of nitrogens with zero attached hydrogens (tertiary/aromatic N) is 3. The van der Waals surface area contributed by atoms with E-state index in [2.05, 4.69) is 34.8 Å². The molecular weight excluding hydrogens is 656 g/mol. The average molecular weight is 693 g/mol. The molecule has 2 aromatic heterocycles. The van der Waals surface area contributed by atoms with Crippen molar-refractivity contribution in [3.63, 3.8) is 0 Å². The van der Waals surface area contributed by atoms with Crippen molar-refractivity contribution in [3.05, 3.63) is 111 Å². The summed E-state index contributed by atoms with van der Waals surface area (Å²) in [6.45, 7) is 9.41. The van der Waals surface area contributed by atoms with Crippen molar-refractivity contribution in [2.75, 3.05) is 20.3 Å². The fourth-order valence-electron chi connectivity index (χ4n) is 5.51. The fraction of sp³-hybridized carbons (Fsp3) is 0.306. The highest BCUT2D eigenvalue weighted by atomic mass is 79.9. The van der Waals surface area contributed by atoms with Crippen molar-refractivity contribution in [3.8, 4) is 17.1 Å². The van der Waals surface area contributed by atoms with Gasteiger partial charge < -0.3 is 18.8 Å². The van der Waals surface area contributed by atoms with Crippen LogP contribution in [-0.2, 0) is 22.5 Å². The lowest BCUT2D eigenvalue weighted by Crippen LogP contribution is -2.27. The van der Waals surface area contributed by atoms with Crippen LogP contribution in [0.4, 0.5) is 8.78 Å². The number of methoxy groups -OCH3 is 1. The van der Waals surface area contributed by atoms with Crippen LogP contribution >= 0.6 is 15.9 Å². The number of benzene rings is 3. The Morgan fingerprint density at radius 1 is 1.02 bits per heavy atom. The van der Waals surface area contributed by atoms with Crippen LogP contribution in [0.3, 0.4) is 0 Å². The van der Waals surface area contributed by atoms with Crippen LogP contribution in [0, 0.1) is 17.0 Å². The molecule has 1 fully saturated rings. The lowest BCUT2D eigenvalue weighted by atomic mass is 9.87. The van der Waals surface area contributed by atoms with Crippen LogP contribution in [0.1, 0.15) is 61.0 Å². The first-order valence-corrected chi connectivity index (χ1v) is 15.9. The Labute approximate surface area is 275 Å². The number of pyridine rings is 1. The molecule has 0 saturated carbocycles. The molecule has 0 spiro atoms. The maximum absolute atomic E-state index is 15.7. The molecule has 1 atom stereocenters. The van der Waals surface area contributed by atoms with Gasteiger partial charge >= 0.3 is 5.97 Å². The van der Waals surface area contributed by atoms with Gasteiger partial charge in [0, 0.05) is 27.9 Å². The zero-order valence-electron chi connectivity index (χ0n) is 26.4. The molecular formula is C36H36BrF2N3O4. The highest BCUT2D eigenvalue weighted by molar-refractivity contribution is 9.10. The van der Waals surface area contributed by atoms with Crippen LogP contribution in [0.25, 0.3) is 22.3 Å². The van der Waals surface area contributed by atoms with E-state index in [1.807, 2.05) is 42.7 Å². The average Bonchev–Trinajstić information content (AvgIpc) is 3.59. The van der Waals surface area contributed by atoms with Crippen LogP contribution in [0.5, 0.6) is 5.88 Å². The van der Waals surface area contributed by atoms with Gasteiger partial charge in [-0.3, -0.25) is 0 Å². The molecule has 0 radical (unpaired) electrons. The van der Waals surface area contributed by atoms with E-state index < -0.39 is 17.6 Å². The Morgan fingerprint density at radius 2 is 1.78 bits per heavy atom. The topological polar surface area (TPSA) is 75.5 Å². The summed E-state index contributed by atoms with van der Waals surface area (Å²) in [5, 5.41) is 0. The zero-order chi connectivity index (χ0) is 33.0. The Hall–Kier alpha value is -4.15. The lowest BCUT2D eigenvalue weighted by Gasteiger charge is -2.28. The highest BCUT2D eigenvalue weighted by Gasteiger charge is 2.39. The fourth-order valence-corrected chi connectivity index (χ4v) is 5.78. The van der Waals surface area contributed by atoms with Gasteiger partial charge in [0.25, 0.3) is 0 Å². The summed E-state index contributed by atoms with van der Waals surface area (Å²) < 4.78 is 50.8. The zero-order valence-corrected chi connectivity index (χ0v) is 28.0. The van der Waals surface area contributed by atoms with Gasteiger partial charge in [-0.25, -0.2) is 23.5 Å². The van der Waals surface area contributed by atoms with Gasteiger partial charge in [0.15, 0.2) is 0 Å². The molecule has 0 amide bonds. The summed E-state index contributed by atoms with van der Waals surface area (Å²) in [6, 6.07) is 20.0. The predicted molar refractivity (Wildman–Crippen MR) is 177 cm³/mol. The number of hydrogen-bond donors (Lipinski definition) is 0. The van der Waals surface area contributed by atoms with Crippen LogP contribution in [-0.4, -0.2) is 40.8 Å². The molecule has 5 aromatic rings. The van der Waals surface area contributed by atoms with E-state index in [4.69, 9.17) is 19.2 Å². The van der Waals surface area contributed by atoms with Crippen LogP contribution in [0.15, 0.2) is 77.3 Å². The van der Waals surface area contributed by atoms with E-state index in [1.165, 1.54) is 13.2 Å². The van der Waals surface area contributed by atoms with E-state index in [-0.39, 0.29) is 41.3 Å². The molecule has 0 bridgehead atoms. The Bertz CT molecular complexity index is 1860. The standard InChI is InChI=1S/C34H30BrF2N3O4.C2H6/c1-34(2)19-43-18-30(34)40-29-14-21(33(41)42-3)9-12-28(29)38-31(40)15-22-13-26(37)24(16-25(22)36)27-5-4-6-32(39-27)44-17-20-7-10-23(35)11-8-20;1-2/h4-14,16,30H,15,17-19H2,1-3H3;1-2H3. The number of esters is 1. The minimum atomic E-state index is -0.612. The van der Waals surface area contributed by atoms with Gasteiger partial charge in [0.1, 0.15) is 24.1 Å². The SMILES string of the molecule is CC.COC(=O)c1ccc2nc(Cc3cc(F)c(-c4cccc(OCc5ccc(Br)cc5)n4)cc3F)n(C3COCC3(C)C)c2c1. The van der Waals surface area contributed by atoms with Gasteiger partial charge in [0.2, 0.25) is 5.88 Å². The number of rotatable bonds is 8. The molecule has 240 valence electrons. The maximum atomic E-state index is 15.7. The Kier molecular flexibility index (Phi) is 10.2. The molecule has 1 aliphatic heterocycles. The molecule has 1 saturated heterocycles. The monoisotopic (exact) mass is 691 g/mol. The third-order valence-corrected chi connectivity index (χ3v) is 8.46. The molecule has 0 N–H and O–H groups in total. The molecule has 3 heterocycles. The maximum Gasteiger partial charge on any atom is 0.337 e. The molecule has 6 rings (SSSR count). The third-order valence-electron chi connectivity index (χ3n) is 7.93. The first-order chi connectivity index (χ1) is 22.1. The van der Waals surface area contributed by atoms with Gasteiger partial charge in [0.05, 0.1) is 48.7 Å². The number of fused-ring (bicyclic) bond motifs is 1. The first kappa shape index (κ1) is 33.2. The number of halogens is 3. The van der Waals surface area contributed by atoms with Gasteiger partial charge in [-0.1, -0.05) is 61.8 Å². The van der Waals surface area contributed by atoms with E-state index >= 15 is 8.78 Å². The predicted octanol–water partition coefficient (Wildman–Crippen LogP) is 8.72. The van der Waals surface area contributed by atoms with Crippen molar-refractivity contribution in [2.45, 2.75) is 46.8 Å². The van der Waals surface area contributed by atoms with Crippen molar-refractivity contribution < 1.29 is 27.8 Å². The normalized spacial score (nSPS) is 15.3. The molecule has 3 aromatic carbocycles. The summed E-state index contributed by atoms with van der Waals surface area (Å²) >= 11 is 3.41. The van der Waals surface area contributed by atoms with Gasteiger partial charge in [-0.15, -0.1) is 0 Å². The quantitative estimate of drug-likeness (QED) is 0.152. The molecule has 1 unspecified atom stereocenters. The van der Waals surface area contributed by atoms with E-state index in [1.54, 1.807) is 36.4 Å². The van der Waals surface area contributed by atoms with Gasteiger partial charge in [-0.05, 0) is 59.7 Å². The number of carbonyl (C=O) groups excluding carboxylic acids is 1. The third kappa shape index (κ3) is 6.98. The highest BCUT2D eigenvalue weighted by Crippen LogP contribution is 2.40. The van der Waals surface area contributed by atoms with Crippen LogP contribution in [0.2, 0.25) is 0 Å². The summed E-state index contributed by atoms with van der Waals surface area (Å²) in [4.78, 5) is 21.5. The molecule has 10 heteroatoms. The smallest absolute Gasteiger partial charge is 0.337 e. The van der Waals surface area contributed by atoms with E-state index in [0.29, 0.717) is 41.5 Å². The molecule has 7 nitrogen and oxygen atoms in total. The van der Waals surface area contributed by atoms with Crippen molar-refractivity contribution in [1.82, 2.24) is 14.5 Å². The van der Waals surface area contributed by atoms with E-state index in [9.17, 15) is 4.79 Å². The summed E-state index contributed by atoms with van der Waals surface area (Å²) in [5.41, 5.74) is 2.84. The number of imidazole rings is 1. The van der Waals surface area contributed by atoms with E-state index in [0.717, 1.165) is 16.1 Å². The number of ether oxygens (including phenoxy) is 3. The number of aromatic nitrogens is 3. The van der Waals surface area contributed by atoms with Gasteiger partial charge in [-0.2, -0.15) is 0 Å². The van der Waals surface area contributed by atoms with Crippen molar-refractivity contribution in [1.29, 1.82) is 0 Å². The second kappa shape index (κ2) is 14.1. The van der Waals surface area contributed by atoms with Crippen molar-refractivity contribution in [2.24, 2.45) is 5.41 Å². The molecule has 46 heavy (non-hydrogen) atoms. The number of hydrogen-bond acceptors (Lipinski definition) is 6. The molecule has 1 aliphatic rings. The molecule has 0 aliphatic carbocycles. The minimum Gasteiger partial charge on any atom is -0.473 e. The second-order valence-electron chi connectivity index (χ2n) is 11.5. The Balaban J connectivity index is 0.00000204.